The first-order valence-electron chi connectivity index (χ1n) is 7.29. The van der Waals surface area contributed by atoms with Crippen molar-refractivity contribution < 1.29 is 19.8 Å². The maximum atomic E-state index is 10.1. The van der Waals surface area contributed by atoms with Crippen molar-refractivity contribution in [1.82, 2.24) is 0 Å². The van der Waals surface area contributed by atoms with E-state index >= 15 is 0 Å². The van der Waals surface area contributed by atoms with Crippen LogP contribution in [0.25, 0.3) is 0 Å². The van der Waals surface area contributed by atoms with Crippen LogP contribution >= 0.6 is 0 Å². The average Bonchev–Trinajstić information content (AvgIpc) is 2.37. The van der Waals surface area contributed by atoms with Gasteiger partial charge < -0.3 is 15.9 Å². The monoisotopic (exact) mass is 287 g/mol. The lowest BCUT2D eigenvalue weighted by molar-refractivity contribution is -0.138. The van der Waals surface area contributed by atoms with Crippen LogP contribution in [0.1, 0.15) is 65.2 Å². The van der Waals surface area contributed by atoms with E-state index in [0.29, 0.717) is 0 Å². The maximum Gasteiger partial charge on any atom is 0.327 e. The van der Waals surface area contributed by atoms with Crippen molar-refractivity contribution >= 4 is 11.9 Å². The third kappa shape index (κ3) is 21.9. The summed E-state index contributed by atoms with van der Waals surface area (Å²) >= 11 is 0. The molecule has 118 valence electrons. The van der Waals surface area contributed by atoms with Crippen molar-refractivity contribution in [2.24, 2.45) is 5.73 Å². The van der Waals surface area contributed by atoms with Crippen LogP contribution < -0.4 is 5.73 Å². The highest BCUT2D eigenvalue weighted by Crippen LogP contribution is 2.08. The summed E-state index contributed by atoms with van der Waals surface area (Å²) in [6, 6.07) is -0.731. The summed E-state index contributed by atoms with van der Waals surface area (Å²) in [6.07, 6.45) is 12.8. The largest absolute Gasteiger partial charge is 0.480 e. The number of aliphatic carboxylic acids is 2. The lowest BCUT2D eigenvalue weighted by Gasteiger charge is -1.98. The highest BCUT2D eigenvalue weighted by molar-refractivity contribution is 5.79. The number of unbranched alkanes of at least 4 members (excludes halogenated alkanes) is 7. The summed E-state index contributed by atoms with van der Waals surface area (Å²) in [6.45, 7) is 3.64. The highest BCUT2D eigenvalue weighted by Gasteiger charge is 1.99. The Labute approximate surface area is 121 Å². The predicted molar refractivity (Wildman–Crippen MR) is 80.7 cm³/mol. The summed E-state index contributed by atoms with van der Waals surface area (Å²) < 4.78 is 0. The highest BCUT2D eigenvalue weighted by atomic mass is 16.4. The first-order chi connectivity index (χ1) is 9.41. The van der Waals surface area contributed by atoms with Crippen molar-refractivity contribution in [1.29, 1.82) is 0 Å². The fraction of sp³-hybridized carbons (Fsp3) is 0.733. The molecular weight excluding hydrogens is 258 g/mol. The minimum Gasteiger partial charge on any atom is -0.480 e. The molecule has 5 nitrogen and oxygen atoms in total. The zero-order chi connectivity index (χ0) is 15.8. The molecule has 0 heterocycles. The summed E-state index contributed by atoms with van der Waals surface area (Å²) in [5, 5.41) is 16.2. The fourth-order valence-electron chi connectivity index (χ4n) is 1.40. The molecule has 0 unspecified atom stereocenters. The lowest BCUT2D eigenvalue weighted by atomic mass is 10.1. The number of carboxylic acid groups (broad SMARTS) is 2. The van der Waals surface area contributed by atoms with E-state index in [1.165, 1.54) is 51.5 Å². The molecule has 4 N–H and O–H groups in total. The van der Waals surface area contributed by atoms with Gasteiger partial charge in [0.25, 0.3) is 0 Å². The smallest absolute Gasteiger partial charge is 0.327 e. The number of nitrogens with two attached hydrogens (primary N) is 1. The standard InChI is InChI=1S/C12H22O2.C3H7NO2/c1-2-3-4-5-6-7-8-9-10-11-12(13)14;1-2(4)3(5)6/h10-11H,2-9H2,1H3,(H,13,14);2H,4H2,1H3,(H,5,6)/b11-10+;/t;2-/m.0/s1. The van der Waals surface area contributed by atoms with Crippen molar-refractivity contribution in [3.63, 3.8) is 0 Å². The van der Waals surface area contributed by atoms with Gasteiger partial charge >= 0.3 is 11.9 Å². The van der Waals surface area contributed by atoms with Gasteiger partial charge in [-0.1, -0.05) is 51.5 Å². The SMILES string of the molecule is CCCCCCCCC/C=C/C(=O)O.C[C@H](N)C(=O)O. The number of hydrogen-bond donors (Lipinski definition) is 3. The Morgan fingerprint density at radius 1 is 1.05 bits per heavy atom. The van der Waals surface area contributed by atoms with Crippen LogP contribution in [0.4, 0.5) is 0 Å². The van der Waals surface area contributed by atoms with Gasteiger partial charge in [0.15, 0.2) is 0 Å². The fourth-order valence-corrected chi connectivity index (χ4v) is 1.40. The molecule has 0 saturated heterocycles. The van der Waals surface area contributed by atoms with E-state index in [2.05, 4.69) is 6.92 Å². The topological polar surface area (TPSA) is 101 Å². The molecule has 0 bridgehead atoms. The molecule has 0 aromatic carbocycles. The summed E-state index contributed by atoms with van der Waals surface area (Å²) in [7, 11) is 0. The Bertz CT molecular complexity index is 275. The Morgan fingerprint density at radius 3 is 1.90 bits per heavy atom. The van der Waals surface area contributed by atoms with Crippen molar-refractivity contribution in [2.75, 3.05) is 0 Å². The van der Waals surface area contributed by atoms with Gasteiger partial charge in [-0.15, -0.1) is 0 Å². The van der Waals surface area contributed by atoms with Gasteiger partial charge in [0.05, 0.1) is 0 Å². The van der Waals surface area contributed by atoms with E-state index in [4.69, 9.17) is 15.9 Å². The quantitative estimate of drug-likeness (QED) is 0.423. The normalized spacial score (nSPS) is 11.8. The van der Waals surface area contributed by atoms with Crippen LogP contribution in [0.5, 0.6) is 0 Å². The minimum atomic E-state index is -0.963. The number of carbonyl (C=O) groups is 2. The van der Waals surface area contributed by atoms with E-state index in [-0.39, 0.29) is 0 Å². The first kappa shape index (κ1) is 20.9. The molecule has 0 fully saturated rings. The van der Waals surface area contributed by atoms with Crippen LogP contribution in [-0.4, -0.2) is 28.2 Å². The van der Waals surface area contributed by atoms with Crippen LogP contribution in [0.3, 0.4) is 0 Å². The Hall–Kier alpha value is -1.36. The molecule has 0 spiro atoms. The zero-order valence-corrected chi connectivity index (χ0v) is 12.7. The van der Waals surface area contributed by atoms with E-state index in [1.807, 2.05) is 0 Å². The second kappa shape index (κ2) is 15.7. The number of hydrogen-bond acceptors (Lipinski definition) is 3. The van der Waals surface area contributed by atoms with Crippen LogP contribution in [0.15, 0.2) is 12.2 Å². The molecule has 20 heavy (non-hydrogen) atoms. The Kier molecular flexibility index (Phi) is 16.4. The second-order valence-electron chi connectivity index (χ2n) is 4.78. The predicted octanol–water partition coefficient (Wildman–Crippen LogP) is 3.19. The molecule has 5 heteroatoms. The molecule has 0 aliphatic heterocycles. The van der Waals surface area contributed by atoms with Gasteiger partial charge in [-0.3, -0.25) is 4.79 Å². The van der Waals surface area contributed by atoms with Gasteiger partial charge in [-0.25, -0.2) is 4.79 Å². The van der Waals surface area contributed by atoms with E-state index in [1.54, 1.807) is 6.08 Å². The molecule has 0 amide bonds. The van der Waals surface area contributed by atoms with Gasteiger partial charge in [-0.05, 0) is 19.8 Å². The van der Waals surface area contributed by atoms with E-state index < -0.39 is 18.0 Å². The van der Waals surface area contributed by atoms with E-state index in [0.717, 1.165) is 12.8 Å². The van der Waals surface area contributed by atoms with Crippen molar-refractivity contribution in [3.05, 3.63) is 12.2 Å². The van der Waals surface area contributed by atoms with Crippen LogP contribution in [0, 0.1) is 0 Å². The van der Waals surface area contributed by atoms with Gasteiger partial charge in [-0.2, -0.15) is 0 Å². The van der Waals surface area contributed by atoms with Crippen molar-refractivity contribution in [3.8, 4) is 0 Å². The first-order valence-corrected chi connectivity index (χ1v) is 7.29. The van der Waals surface area contributed by atoms with Gasteiger partial charge in [0.1, 0.15) is 6.04 Å². The molecule has 0 saturated carbocycles. The zero-order valence-electron chi connectivity index (χ0n) is 12.7. The third-order valence-corrected chi connectivity index (χ3v) is 2.62. The molecule has 0 aliphatic carbocycles. The third-order valence-electron chi connectivity index (χ3n) is 2.62. The maximum absolute atomic E-state index is 10.1. The van der Waals surface area contributed by atoms with Gasteiger partial charge in [0.2, 0.25) is 0 Å². The number of carboxylic acids is 2. The van der Waals surface area contributed by atoms with E-state index in [9.17, 15) is 9.59 Å². The van der Waals surface area contributed by atoms with Crippen molar-refractivity contribution in [2.45, 2.75) is 71.3 Å². The molecule has 0 rings (SSSR count). The Balaban J connectivity index is 0. The van der Waals surface area contributed by atoms with Crippen LogP contribution in [0.2, 0.25) is 0 Å². The molecule has 0 aliphatic rings. The Morgan fingerprint density at radius 2 is 1.50 bits per heavy atom. The van der Waals surface area contributed by atoms with Gasteiger partial charge in [0, 0.05) is 6.08 Å². The van der Waals surface area contributed by atoms with Crippen LogP contribution in [-0.2, 0) is 9.59 Å². The minimum absolute atomic E-state index is 0.731. The summed E-state index contributed by atoms with van der Waals surface area (Å²) in [5.41, 5.74) is 4.84. The lowest BCUT2D eigenvalue weighted by Crippen LogP contribution is -2.25. The second-order valence-corrected chi connectivity index (χ2v) is 4.78. The number of allylic oxidation sites excluding steroid dienone is 1. The molecule has 0 aromatic heterocycles. The summed E-state index contributed by atoms with van der Waals surface area (Å²) in [5.74, 6) is -1.80. The summed E-state index contributed by atoms with van der Waals surface area (Å²) in [4.78, 5) is 19.7. The molecule has 0 aromatic rings. The molecule has 0 radical (unpaired) electrons. The molecular formula is C15H29NO4. The average molecular weight is 287 g/mol. The molecule has 1 atom stereocenters. The number of rotatable bonds is 10.